The van der Waals surface area contributed by atoms with E-state index in [2.05, 4.69) is 0 Å². The maximum absolute atomic E-state index is 12.1. The molecule has 0 spiro atoms. The zero-order valence-electron chi connectivity index (χ0n) is 18.3. The van der Waals surface area contributed by atoms with E-state index in [0.717, 1.165) is 29.0 Å². The van der Waals surface area contributed by atoms with Gasteiger partial charge in [-0.25, -0.2) is 0 Å². The minimum Gasteiger partial charge on any atom is -0.497 e. The molecule has 30 heavy (non-hydrogen) atoms. The number of hydrogen-bond acceptors (Lipinski definition) is 7. The number of carbonyl (C=O) groups excluding carboxylic acids is 1. The number of methoxy groups -OCH3 is 5. The highest BCUT2D eigenvalue weighted by atomic mass is 16.5. The molecule has 0 saturated heterocycles. The van der Waals surface area contributed by atoms with Crippen LogP contribution in [0.2, 0.25) is 0 Å². The minimum absolute atomic E-state index is 0.244. The average Bonchev–Trinajstić information content (AvgIpc) is 2.79. The van der Waals surface area contributed by atoms with Crippen LogP contribution in [0.1, 0.15) is 24.0 Å². The normalized spacial score (nSPS) is 10.3. The van der Waals surface area contributed by atoms with Gasteiger partial charge in [-0.2, -0.15) is 0 Å². The van der Waals surface area contributed by atoms with Gasteiger partial charge in [0.1, 0.15) is 11.5 Å². The van der Waals surface area contributed by atoms with Gasteiger partial charge in [0, 0.05) is 12.5 Å². The first-order valence-electron chi connectivity index (χ1n) is 9.71. The molecule has 0 N–H and O–H groups in total. The van der Waals surface area contributed by atoms with E-state index in [-0.39, 0.29) is 12.4 Å². The minimum atomic E-state index is -0.244. The summed E-state index contributed by atoms with van der Waals surface area (Å²) in [6, 6.07) is 9.41. The van der Waals surface area contributed by atoms with Gasteiger partial charge in [-0.1, -0.05) is 0 Å². The molecular formula is C23H30O7. The second-order valence-corrected chi connectivity index (χ2v) is 6.58. The van der Waals surface area contributed by atoms with Crippen LogP contribution in [-0.4, -0.2) is 48.1 Å². The molecule has 0 radical (unpaired) electrons. The molecule has 0 unspecified atom stereocenters. The Morgan fingerprint density at radius 3 is 1.77 bits per heavy atom. The van der Waals surface area contributed by atoms with E-state index in [1.54, 1.807) is 35.5 Å². The number of ether oxygens (including phenoxy) is 6. The second kappa shape index (κ2) is 11.8. The van der Waals surface area contributed by atoms with E-state index >= 15 is 0 Å². The van der Waals surface area contributed by atoms with Gasteiger partial charge in [-0.05, 0) is 54.7 Å². The van der Waals surface area contributed by atoms with Crippen molar-refractivity contribution in [3.05, 3.63) is 41.5 Å². The lowest BCUT2D eigenvalue weighted by atomic mass is 10.1. The van der Waals surface area contributed by atoms with Crippen LogP contribution in [-0.2, 0) is 22.4 Å². The highest BCUT2D eigenvalue weighted by molar-refractivity contribution is 5.70. The fraction of sp³-hybridized carbons (Fsp3) is 0.435. The number of esters is 1. The molecule has 0 aromatic heterocycles. The quantitative estimate of drug-likeness (QED) is 0.383. The van der Waals surface area contributed by atoms with Crippen LogP contribution < -0.4 is 23.7 Å². The van der Waals surface area contributed by atoms with Crippen LogP contribution in [0.15, 0.2) is 30.3 Å². The third-order valence-corrected chi connectivity index (χ3v) is 4.63. The summed E-state index contributed by atoms with van der Waals surface area (Å²) in [4.78, 5) is 12.1. The molecule has 0 bridgehead atoms. The van der Waals surface area contributed by atoms with Crippen molar-refractivity contribution >= 4 is 5.97 Å². The van der Waals surface area contributed by atoms with E-state index in [0.29, 0.717) is 36.7 Å². The van der Waals surface area contributed by atoms with Crippen molar-refractivity contribution in [2.45, 2.75) is 25.7 Å². The van der Waals surface area contributed by atoms with Gasteiger partial charge >= 0.3 is 5.97 Å². The van der Waals surface area contributed by atoms with E-state index in [4.69, 9.17) is 28.4 Å². The highest BCUT2D eigenvalue weighted by Crippen LogP contribution is 2.38. The summed E-state index contributed by atoms with van der Waals surface area (Å²) in [5.74, 6) is 2.90. The van der Waals surface area contributed by atoms with Crippen molar-refractivity contribution in [2.75, 3.05) is 42.2 Å². The van der Waals surface area contributed by atoms with Crippen molar-refractivity contribution in [1.82, 2.24) is 0 Å². The molecular weight excluding hydrogens is 388 g/mol. The Kier molecular flexibility index (Phi) is 9.12. The van der Waals surface area contributed by atoms with Crippen LogP contribution in [0.5, 0.6) is 28.7 Å². The first kappa shape index (κ1) is 23.2. The molecule has 2 aromatic rings. The molecule has 0 aliphatic rings. The van der Waals surface area contributed by atoms with Crippen molar-refractivity contribution < 1.29 is 33.2 Å². The fourth-order valence-corrected chi connectivity index (χ4v) is 3.07. The van der Waals surface area contributed by atoms with Crippen molar-refractivity contribution in [1.29, 1.82) is 0 Å². The van der Waals surface area contributed by atoms with Crippen molar-refractivity contribution in [2.24, 2.45) is 0 Å². The van der Waals surface area contributed by atoms with Crippen LogP contribution >= 0.6 is 0 Å². The summed E-state index contributed by atoms with van der Waals surface area (Å²) in [5.41, 5.74) is 1.98. The smallest absolute Gasteiger partial charge is 0.306 e. The predicted molar refractivity (Wildman–Crippen MR) is 113 cm³/mol. The summed E-state index contributed by atoms with van der Waals surface area (Å²) < 4.78 is 31.9. The van der Waals surface area contributed by atoms with Gasteiger partial charge in [0.15, 0.2) is 11.5 Å². The molecule has 7 nitrogen and oxygen atoms in total. The van der Waals surface area contributed by atoms with Gasteiger partial charge in [-0.15, -0.1) is 0 Å². The Morgan fingerprint density at radius 2 is 1.27 bits per heavy atom. The summed E-state index contributed by atoms with van der Waals surface area (Å²) in [7, 11) is 7.92. The van der Waals surface area contributed by atoms with Crippen molar-refractivity contribution in [3.8, 4) is 28.7 Å². The predicted octanol–water partition coefficient (Wildman–Crippen LogP) is 3.84. The molecule has 0 aliphatic carbocycles. The highest BCUT2D eigenvalue weighted by Gasteiger charge is 2.14. The molecule has 0 amide bonds. The van der Waals surface area contributed by atoms with Gasteiger partial charge in [0.25, 0.3) is 0 Å². The van der Waals surface area contributed by atoms with Gasteiger partial charge < -0.3 is 28.4 Å². The zero-order chi connectivity index (χ0) is 21.9. The summed E-state index contributed by atoms with van der Waals surface area (Å²) in [5, 5.41) is 0. The van der Waals surface area contributed by atoms with Gasteiger partial charge in [0.2, 0.25) is 5.75 Å². The molecule has 7 heteroatoms. The fourth-order valence-electron chi connectivity index (χ4n) is 3.07. The Labute approximate surface area is 177 Å². The maximum atomic E-state index is 12.1. The first-order chi connectivity index (χ1) is 14.5. The van der Waals surface area contributed by atoms with E-state index in [1.165, 1.54) is 0 Å². The van der Waals surface area contributed by atoms with Crippen LogP contribution in [0.25, 0.3) is 0 Å². The molecule has 2 rings (SSSR count). The molecule has 0 atom stereocenters. The number of carbonyl (C=O) groups is 1. The van der Waals surface area contributed by atoms with Crippen LogP contribution in [0.4, 0.5) is 0 Å². The molecule has 0 saturated carbocycles. The Morgan fingerprint density at radius 1 is 0.700 bits per heavy atom. The SMILES string of the molecule is COc1cc(CCCOC(=O)CCc2cc(OC)c(OC)c(OC)c2)cc(OC)c1. The third kappa shape index (κ3) is 6.47. The summed E-state index contributed by atoms with van der Waals surface area (Å²) >= 11 is 0. The average molecular weight is 418 g/mol. The monoisotopic (exact) mass is 418 g/mol. The number of aryl methyl sites for hydroxylation is 2. The summed E-state index contributed by atoms with van der Waals surface area (Å²) in [6.07, 6.45) is 2.26. The Bertz CT molecular complexity index is 785. The third-order valence-electron chi connectivity index (χ3n) is 4.63. The van der Waals surface area contributed by atoms with Gasteiger partial charge in [0.05, 0.1) is 42.2 Å². The molecule has 0 fully saturated rings. The van der Waals surface area contributed by atoms with Crippen LogP contribution in [0, 0.1) is 0 Å². The lowest BCUT2D eigenvalue weighted by Gasteiger charge is -2.14. The topological polar surface area (TPSA) is 72.5 Å². The standard InChI is InChI=1S/C23H30O7/c1-25-18-11-16(12-19(15-18)26-2)7-6-10-30-22(24)9-8-17-13-20(27-3)23(29-5)21(14-17)28-4/h11-15H,6-10H2,1-5H3. The second-order valence-electron chi connectivity index (χ2n) is 6.58. The molecule has 2 aromatic carbocycles. The number of rotatable bonds is 12. The summed E-state index contributed by atoms with van der Waals surface area (Å²) in [6.45, 7) is 0.355. The van der Waals surface area contributed by atoms with Crippen LogP contribution in [0.3, 0.4) is 0 Å². The lowest BCUT2D eigenvalue weighted by Crippen LogP contribution is -2.08. The van der Waals surface area contributed by atoms with E-state index in [1.807, 2.05) is 30.3 Å². The largest absolute Gasteiger partial charge is 0.497 e. The first-order valence-corrected chi connectivity index (χ1v) is 9.71. The van der Waals surface area contributed by atoms with E-state index in [9.17, 15) is 4.79 Å². The molecule has 0 heterocycles. The van der Waals surface area contributed by atoms with Gasteiger partial charge in [-0.3, -0.25) is 4.79 Å². The lowest BCUT2D eigenvalue weighted by molar-refractivity contribution is -0.143. The van der Waals surface area contributed by atoms with E-state index < -0.39 is 0 Å². The molecule has 0 aliphatic heterocycles. The zero-order valence-corrected chi connectivity index (χ0v) is 18.3. The maximum Gasteiger partial charge on any atom is 0.306 e. The number of benzene rings is 2. The molecule has 164 valence electrons. The Balaban J connectivity index is 1.82. The van der Waals surface area contributed by atoms with Crippen molar-refractivity contribution in [3.63, 3.8) is 0 Å². The number of hydrogen-bond donors (Lipinski definition) is 0. The Hall–Kier alpha value is -3.09.